The average molecular weight is 419 g/mol. The zero-order chi connectivity index (χ0) is 16.4. The summed E-state index contributed by atoms with van der Waals surface area (Å²) in [7, 11) is 1.86. The lowest BCUT2D eigenvalue weighted by atomic mass is 10.0. The van der Waals surface area contributed by atoms with Crippen LogP contribution in [0.5, 0.6) is 5.75 Å². The van der Waals surface area contributed by atoms with E-state index in [9.17, 15) is 5.26 Å². The fraction of sp³-hybridized carbons (Fsp3) is 0.375. The predicted molar refractivity (Wildman–Crippen MR) is 94.0 cm³/mol. The van der Waals surface area contributed by atoms with E-state index in [1.54, 1.807) is 10.9 Å². The van der Waals surface area contributed by atoms with Gasteiger partial charge in [0.2, 0.25) is 0 Å². The summed E-state index contributed by atoms with van der Waals surface area (Å²) in [6.45, 7) is 3.86. The van der Waals surface area contributed by atoms with Gasteiger partial charge in [-0.15, -0.1) is 0 Å². The van der Waals surface area contributed by atoms with E-state index in [0.717, 1.165) is 39.1 Å². The summed E-state index contributed by atoms with van der Waals surface area (Å²) in [5.74, 6) is 1.02. The molecule has 4 rings (SSSR count). The number of pyridine rings is 1. The van der Waals surface area contributed by atoms with E-state index in [2.05, 4.69) is 43.7 Å². The van der Waals surface area contributed by atoms with Crippen molar-refractivity contribution in [3.05, 3.63) is 21.0 Å². The van der Waals surface area contributed by atoms with Crippen molar-refractivity contribution < 1.29 is 4.74 Å². The van der Waals surface area contributed by atoms with Crippen LogP contribution in [0.15, 0.2) is 11.2 Å². The molecule has 1 aliphatic heterocycles. The quantitative estimate of drug-likeness (QED) is 0.665. The summed E-state index contributed by atoms with van der Waals surface area (Å²) in [5.41, 5.74) is 3.55. The lowest BCUT2D eigenvalue weighted by molar-refractivity contribution is 0.242. The Bertz CT molecular complexity index is 898. The third kappa shape index (κ3) is 2.01. The number of aliphatic imine (C=N–C) groups is 1. The van der Waals surface area contributed by atoms with Crippen molar-refractivity contribution in [3.8, 4) is 23.1 Å². The van der Waals surface area contributed by atoms with Gasteiger partial charge in [-0.25, -0.2) is 9.98 Å². The zero-order valence-electron chi connectivity index (χ0n) is 13.0. The molecule has 0 radical (unpaired) electrons. The number of nitriles is 1. The third-order valence-electron chi connectivity index (χ3n) is 4.49. The minimum atomic E-state index is -0.313. The highest BCUT2D eigenvalue weighted by molar-refractivity contribution is 14.1. The van der Waals surface area contributed by atoms with E-state index in [4.69, 9.17) is 4.74 Å². The van der Waals surface area contributed by atoms with Gasteiger partial charge in [0.25, 0.3) is 0 Å². The second kappa shape index (κ2) is 4.77. The van der Waals surface area contributed by atoms with Gasteiger partial charge >= 0.3 is 0 Å². The van der Waals surface area contributed by atoms with Gasteiger partial charge in [-0.1, -0.05) is 0 Å². The van der Waals surface area contributed by atoms with Crippen molar-refractivity contribution in [3.63, 3.8) is 0 Å². The van der Waals surface area contributed by atoms with E-state index in [1.807, 2.05) is 20.9 Å². The van der Waals surface area contributed by atoms with Crippen LogP contribution in [0.3, 0.4) is 0 Å². The second-order valence-electron chi connectivity index (χ2n) is 5.97. The maximum absolute atomic E-state index is 9.80. The van der Waals surface area contributed by atoms with Crippen molar-refractivity contribution in [1.29, 1.82) is 5.26 Å². The molecular weight excluding hydrogens is 405 g/mol. The van der Waals surface area contributed by atoms with Crippen molar-refractivity contribution in [1.82, 2.24) is 14.8 Å². The standard InChI is InChI=1S/C16H14IN5O/c1-8-12(13-11(17)7-19-22(13)3)10(6-18)14-15(20-8)21-9(2)16(23-14)4-5-16/h7H,4-5H2,1-3H3. The highest BCUT2D eigenvalue weighted by Gasteiger charge is 2.51. The highest BCUT2D eigenvalue weighted by Crippen LogP contribution is 2.50. The Kier molecular flexibility index (Phi) is 3.04. The number of hydrogen-bond donors (Lipinski definition) is 0. The third-order valence-corrected chi connectivity index (χ3v) is 5.28. The first-order chi connectivity index (χ1) is 11.0. The molecule has 2 aliphatic rings. The van der Waals surface area contributed by atoms with Crippen molar-refractivity contribution >= 4 is 34.1 Å². The molecule has 0 unspecified atom stereocenters. The van der Waals surface area contributed by atoms with Crippen LogP contribution in [-0.2, 0) is 7.05 Å². The van der Waals surface area contributed by atoms with Gasteiger partial charge in [0.1, 0.15) is 17.2 Å². The SMILES string of the molecule is CC1=Nc2nc(C)c(-c3c(I)cnn3C)c(C#N)c2OC12CC2. The number of hydrogen-bond acceptors (Lipinski definition) is 5. The second-order valence-corrected chi connectivity index (χ2v) is 7.13. The van der Waals surface area contributed by atoms with Crippen LogP contribution < -0.4 is 4.74 Å². The number of aromatic nitrogens is 3. The molecule has 1 saturated carbocycles. The van der Waals surface area contributed by atoms with E-state index in [-0.39, 0.29) is 5.60 Å². The lowest BCUT2D eigenvalue weighted by Crippen LogP contribution is -2.30. The topological polar surface area (TPSA) is 76.1 Å². The molecule has 0 bridgehead atoms. The summed E-state index contributed by atoms with van der Waals surface area (Å²) in [5, 5.41) is 14.1. The molecule has 7 heteroatoms. The molecule has 0 atom stereocenters. The molecule has 0 amide bonds. The fourth-order valence-corrected chi connectivity index (χ4v) is 3.78. The van der Waals surface area contributed by atoms with Gasteiger partial charge in [-0.2, -0.15) is 10.4 Å². The first kappa shape index (κ1) is 14.6. The molecule has 3 heterocycles. The average Bonchev–Trinajstić information content (AvgIpc) is 3.21. The Morgan fingerprint density at radius 3 is 2.70 bits per heavy atom. The van der Waals surface area contributed by atoms with E-state index >= 15 is 0 Å². The number of nitrogens with zero attached hydrogens (tertiary/aromatic N) is 5. The lowest BCUT2D eigenvalue weighted by Gasteiger charge is -2.26. The molecular formula is C16H14IN5O. The molecule has 2 aromatic rings. The summed E-state index contributed by atoms with van der Waals surface area (Å²) < 4.78 is 8.93. The van der Waals surface area contributed by atoms with Gasteiger partial charge in [0.05, 0.1) is 26.9 Å². The smallest absolute Gasteiger partial charge is 0.196 e. The fourth-order valence-electron chi connectivity index (χ4n) is 3.04. The maximum Gasteiger partial charge on any atom is 0.196 e. The van der Waals surface area contributed by atoms with E-state index in [1.165, 1.54) is 0 Å². The summed E-state index contributed by atoms with van der Waals surface area (Å²) in [4.78, 5) is 9.20. The van der Waals surface area contributed by atoms with Gasteiger partial charge in [0, 0.05) is 12.6 Å². The molecule has 0 N–H and O–H groups in total. The minimum Gasteiger partial charge on any atom is -0.476 e. The summed E-state index contributed by atoms with van der Waals surface area (Å²) in [6, 6.07) is 2.31. The number of halogens is 1. The van der Waals surface area contributed by atoms with E-state index < -0.39 is 0 Å². The maximum atomic E-state index is 9.80. The van der Waals surface area contributed by atoms with Gasteiger partial charge in [0.15, 0.2) is 11.6 Å². The van der Waals surface area contributed by atoms with Crippen LogP contribution in [-0.4, -0.2) is 26.1 Å². The van der Waals surface area contributed by atoms with Crippen LogP contribution >= 0.6 is 22.6 Å². The van der Waals surface area contributed by atoms with Crippen LogP contribution in [0.25, 0.3) is 11.3 Å². The Balaban J connectivity index is 2.02. The van der Waals surface area contributed by atoms with Crippen molar-refractivity contribution in [2.45, 2.75) is 32.3 Å². The molecule has 1 fully saturated rings. The molecule has 1 spiro atoms. The Morgan fingerprint density at radius 2 is 2.13 bits per heavy atom. The zero-order valence-corrected chi connectivity index (χ0v) is 15.2. The van der Waals surface area contributed by atoms with Crippen molar-refractivity contribution in [2.75, 3.05) is 0 Å². The molecule has 0 saturated heterocycles. The van der Waals surface area contributed by atoms with Crippen LogP contribution in [0, 0.1) is 21.8 Å². The van der Waals surface area contributed by atoms with Crippen molar-refractivity contribution in [2.24, 2.45) is 12.0 Å². The normalized spacial score (nSPS) is 17.3. The van der Waals surface area contributed by atoms with Crippen LogP contribution in [0.4, 0.5) is 5.82 Å². The Morgan fingerprint density at radius 1 is 1.39 bits per heavy atom. The van der Waals surface area contributed by atoms with Crippen LogP contribution in [0.2, 0.25) is 0 Å². The van der Waals surface area contributed by atoms with Gasteiger partial charge < -0.3 is 4.74 Å². The number of ether oxygens (including phenoxy) is 1. The van der Waals surface area contributed by atoms with Gasteiger partial charge in [-0.05, 0) is 49.3 Å². The summed E-state index contributed by atoms with van der Waals surface area (Å²) in [6.07, 6.45) is 3.67. The molecule has 23 heavy (non-hydrogen) atoms. The molecule has 116 valence electrons. The number of fused-ring (bicyclic) bond motifs is 1. The number of aryl methyl sites for hydroxylation is 2. The first-order valence-electron chi connectivity index (χ1n) is 7.34. The predicted octanol–water partition coefficient (Wildman–Crippen LogP) is 3.28. The van der Waals surface area contributed by atoms with E-state index in [0.29, 0.717) is 17.1 Å². The van der Waals surface area contributed by atoms with Crippen LogP contribution in [0.1, 0.15) is 31.0 Å². The first-order valence-corrected chi connectivity index (χ1v) is 8.42. The largest absolute Gasteiger partial charge is 0.476 e. The number of rotatable bonds is 1. The molecule has 1 aliphatic carbocycles. The minimum absolute atomic E-state index is 0.313. The molecule has 2 aromatic heterocycles. The Labute approximate surface area is 147 Å². The molecule has 0 aromatic carbocycles. The summed E-state index contributed by atoms with van der Waals surface area (Å²) >= 11 is 2.22. The highest BCUT2D eigenvalue weighted by atomic mass is 127. The van der Waals surface area contributed by atoms with Gasteiger partial charge in [-0.3, -0.25) is 4.68 Å². The molecule has 6 nitrogen and oxygen atoms in total. The Hall–Kier alpha value is -1.95. The monoisotopic (exact) mass is 419 g/mol.